The molecule has 3 N–H and O–H groups in total. The van der Waals surface area contributed by atoms with Crippen molar-refractivity contribution in [3.63, 3.8) is 0 Å². The van der Waals surface area contributed by atoms with Gasteiger partial charge in [0, 0.05) is 6.42 Å². The third-order valence-corrected chi connectivity index (χ3v) is 1.34. The van der Waals surface area contributed by atoms with Crippen molar-refractivity contribution in [2.45, 2.75) is 32.7 Å². The van der Waals surface area contributed by atoms with Gasteiger partial charge in [0.2, 0.25) is 6.29 Å². The number of carbonyl (C=O) groups excluding carboxylic acids is 1. The van der Waals surface area contributed by atoms with Crippen LogP contribution in [-0.4, -0.2) is 40.3 Å². The third kappa shape index (κ3) is 5.57. The van der Waals surface area contributed by atoms with Gasteiger partial charge in [0.1, 0.15) is 6.10 Å². The van der Waals surface area contributed by atoms with Gasteiger partial charge in [0.05, 0.1) is 6.61 Å². The summed E-state index contributed by atoms with van der Waals surface area (Å²) in [7, 11) is 0. The molecule has 0 aromatic rings. The van der Waals surface area contributed by atoms with E-state index in [0.717, 1.165) is 0 Å². The lowest BCUT2D eigenvalue weighted by molar-refractivity contribution is -0.191. The van der Waals surface area contributed by atoms with Crippen molar-refractivity contribution in [1.82, 2.24) is 0 Å². The Morgan fingerprint density at radius 3 is 2.31 bits per heavy atom. The zero-order valence-electron chi connectivity index (χ0n) is 7.80. The Kier molecular flexibility index (Phi) is 5.61. The van der Waals surface area contributed by atoms with Crippen LogP contribution in [0, 0.1) is 5.92 Å². The van der Waals surface area contributed by atoms with Crippen LogP contribution in [0.2, 0.25) is 0 Å². The molecule has 0 aromatic heterocycles. The molecule has 5 nitrogen and oxygen atoms in total. The largest absolute Gasteiger partial charge is 0.433 e. The Morgan fingerprint density at radius 1 is 1.38 bits per heavy atom. The quantitative estimate of drug-likeness (QED) is 0.394. The summed E-state index contributed by atoms with van der Waals surface area (Å²) in [5, 5.41) is 26.2. The van der Waals surface area contributed by atoms with Crippen LogP contribution in [0.15, 0.2) is 0 Å². The average Bonchev–Trinajstić information content (AvgIpc) is 2.01. The number of hydrogen-bond donors (Lipinski definition) is 3. The van der Waals surface area contributed by atoms with Gasteiger partial charge < -0.3 is 20.1 Å². The lowest BCUT2D eigenvalue weighted by Crippen LogP contribution is -2.33. The Hall–Kier alpha value is -0.650. The van der Waals surface area contributed by atoms with Crippen molar-refractivity contribution in [3.8, 4) is 0 Å². The van der Waals surface area contributed by atoms with Crippen LogP contribution in [0.4, 0.5) is 0 Å². The van der Waals surface area contributed by atoms with Crippen molar-refractivity contribution in [3.05, 3.63) is 0 Å². The molecule has 0 spiro atoms. The molecule has 0 radical (unpaired) electrons. The van der Waals surface area contributed by atoms with E-state index in [1.807, 2.05) is 13.8 Å². The van der Waals surface area contributed by atoms with E-state index < -0.39 is 25.0 Å². The third-order valence-electron chi connectivity index (χ3n) is 1.34. The smallest absolute Gasteiger partial charge is 0.308 e. The molecule has 0 amide bonds. The first-order chi connectivity index (χ1) is 5.97. The highest BCUT2D eigenvalue weighted by Gasteiger charge is 2.19. The summed E-state index contributed by atoms with van der Waals surface area (Å²) < 4.78 is 4.42. The topological polar surface area (TPSA) is 87.0 Å². The van der Waals surface area contributed by atoms with Gasteiger partial charge in [-0.1, -0.05) is 13.8 Å². The Balaban J connectivity index is 3.77. The fourth-order valence-corrected chi connectivity index (χ4v) is 0.685. The van der Waals surface area contributed by atoms with Crippen LogP contribution in [0.1, 0.15) is 20.3 Å². The second-order valence-corrected chi connectivity index (χ2v) is 3.23. The minimum absolute atomic E-state index is 0.131. The summed E-state index contributed by atoms with van der Waals surface area (Å²) in [4.78, 5) is 10.9. The maximum atomic E-state index is 10.9. The molecule has 0 heterocycles. The zero-order valence-corrected chi connectivity index (χ0v) is 7.80. The fourth-order valence-electron chi connectivity index (χ4n) is 0.685. The van der Waals surface area contributed by atoms with E-state index in [1.165, 1.54) is 0 Å². The van der Waals surface area contributed by atoms with Gasteiger partial charge in [-0.15, -0.1) is 0 Å². The maximum absolute atomic E-state index is 10.9. The van der Waals surface area contributed by atoms with Crippen LogP contribution < -0.4 is 0 Å². The summed E-state index contributed by atoms with van der Waals surface area (Å²) in [5.41, 5.74) is 0. The van der Waals surface area contributed by atoms with Gasteiger partial charge in [-0.2, -0.15) is 0 Å². The van der Waals surface area contributed by atoms with Crippen molar-refractivity contribution in [1.29, 1.82) is 0 Å². The highest BCUT2D eigenvalue weighted by molar-refractivity contribution is 5.69. The van der Waals surface area contributed by atoms with Crippen molar-refractivity contribution < 1.29 is 24.9 Å². The summed E-state index contributed by atoms with van der Waals surface area (Å²) >= 11 is 0. The Morgan fingerprint density at radius 2 is 1.92 bits per heavy atom. The number of rotatable bonds is 5. The highest BCUT2D eigenvalue weighted by atomic mass is 16.6. The molecule has 13 heavy (non-hydrogen) atoms. The molecule has 0 aliphatic rings. The predicted molar refractivity (Wildman–Crippen MR) is 44.6 cm³/mol. The summed E-state index contributed by atoms with van der Waals surface area (Å²) in [6, 6.07) is 0. The molecule has 0 rings (SSSR count). The van der Waals surface area contributed by atoms with E-state index in [0.29, 0.717) is 0 Å². The normalized spacial score (nSPS) is 15.5. The van der Waals surface area contributed by atoms with Crippen LogP contribution in [0.3, 0.4) is 0 Å². The number of esters is 1. The van der Waals surface area contributed by atoms with E-state index in [-0.39, 0.29) is 12.3 Å². The number of aliphatic hydroxyl groups is 3. The molecule has 0 aliphatic heterocycles. The molecular weight excluding hydrogens is 176 g/mol. The van der Waals surface area contributed by atoms with Crippen LogP contribution in [0.25, 0.3) is 0 Å². The van der Waals surface area contributed by atoms with Crippen LogP contribution in [0.5, 0.6) is 0 Å². The zero-order chi connectivity index (χ0) is 10.4. The molecular formula is C8H16O5. The molecule has 0 bridgehead atoms. The first kappa shape index (κ1) is 12.3. The predicted octanol–water partition coefficient (Wildman–Crippen LogP) is -0.753. The van der Waals surface area contributed by atoms with E-state index in [9.17, 15) is 4.79 Å². The average molecular weight is 192 g/mol. The van der Waals surface area contributed by atoms with Crippen LogP contribution >= 0.6 is 0 Å². The molecule has 0 saturated carbocycles. The van der Waals surface area contributed by atoms with Crippen LogP contribution in [-0.2, 0) is 9.53 Å². The first-order valence-corrected chi connectivity index (χ1v) is 4.13. The second-order valence-electron chi connectivity index (χ2n) is 3.23. The number of aliphatic hydroxyl groups excluding tert-OH is 3. The van der Waals surface area contributed by atoms with E-state index >= 15 is 0 Å². The van der Waals surface area contributed by atoms with Gasteiger partial charge in [-0.3, -0.25) is 4.79 Å². The van der Waals surface area contributed by atoms with Gasteiger partial charge in [-0.25, -0.2) is 0 Å². The summed E-state index contributed by atoms with van der Waals surface area (Å²) in [5.74, 6) is -0.457. The maximum Gasteiger partial charge on any atom is 0.308 e. The van der Waals surface area contributed by atoms with E-state index in [4.69, 9.17) is 15.3 Å². The fraction of sp³-hybridized carbons (Fsp3) is 0.875. The van der Waals surface area contributed by atoms with Gasteiger partial charge in [0.15, 0.2) is 0 Å². The summed E-state index contributed by atoms with van der Waals surface area (Å²) in [6.07, 6.45) is -2.90. The minimum atomic E-state index is -1.64. The Labute approximate surface area is 77.0 Å². The van der Waals surface area contributed by atoms with E-state index in [2.05, 4.69) is 4.74 Å². The second kappa shape index (κ2) is 5.90. The van der Waals surface area contributed by atoms with Gasteiger partial charge in [-0.05, 0) is 5.92 Å². The van der Waals surface area contributed by atoms with Crippen molar-refractivity contribution in [2.75, 3.05) is 6.61 Å². The molecule has 2 unspecified atom stereocenters. The molecule has 0 aliphatic carbocycles. The molecule has 2 atom stereocenters. The summed E-state index contributed by atoms with van der Waals surface area (Å²) in [6.45, 7) is 3.02. The van der Waals surface area contributed by atoms with Gasteiger partial charge >= 0.3 is 5.97 Å². The lowest BCUT2D eigenvalue weighted by atomic mass is 10.1. The van der Waals surface area contributed by atoms with Crippen molar-refractivity contribution >= 4 is 5.97 Å². The molecule has 0 saturated heterocycles. The minimum Gasteiger partial charge on any atom is -0.433 e. The molecule has 5 heteroatoms. The molecule has 0 fully saturated rings. The van der Waals surface area contributed by atoms with Gasteiger partial charge in [0.25, 0.3) is 0 Å². The SMILES string of the molecule is CC(C)CC(=O)OC(O)C(O)CO. The van der Waals surface area contributed by atoms with Crippen molar-refractivity contribution in [2.24, 2.45) is 5.92 Å². The first-order valence-electron chi connectivity index (χ1n) is 4.13. The highest BCUT2D eigenvalue weighted by Crippen LogP contribution is 2.04. The molecule has 78 valence electrons. The Bertz CT molecular complexity index is 157. The molecule has 0 aromatic carbocycles. The monoisotopic (exact) mass is 192 g/mol. The van der Waals surface area contributed by atoms with E-state index in [1.54, 1.807) is 0 Å². The number of carbonyl (C=O) groups is 1. The standard InChI is InChI=1S/C8H16O5/c1-5(2)3-7(11)13-8(12)6(10)4-9/h5-6,8-10,12H,3-4H2,1-2H3. The lowest BCUT2D eigenvalue weighted by Gasteiger charge is -2.16. The number of ether oxygens (including phenoxy) is 1. The number of hydrogen-bond acceptors (Lipinski definition) is 5.